The number of H-pyrrole nitrogens is 2. The SMILES string of the molecule is C=C(CC)c1ccc(-c2cc(-c3cccc(-c4cc(-c5ccc(C(=C)OC)cc5)[nH]n4)c3)n[nH]2)cc1.CC. The average Bonchev–Trinajstić information content (AvgIpc) is 3.69. The van der Waals surface area contributed by atoms with Gasteiger partial charge >= 0.3 is 0 Å². The highest BCUT2D eigenvalue weighted by Crippen LogP contribution is 2.30. The van der Waals surface area contributed by atoms with E-state index in [1.165, 1.54) is 5.56 Å². The van der Waals surface area contributed by atoms with E-state index in [-0.39, 0.29) is 0 Å². The van der Waals surface area contributed by atoms with E-state index in [0.717, 1.165) is 62.6 Å². The fourth-order valence-corrected chi connectivity index (χ4v) is 4.12. The van der Waals surface area contributed by atoms with E-state index >= 15 is 0 Å². The van der Waals surface area contributed by atoms with Crippen LogP contribution in [0.15, 0.2) is 98.1 Å². The zero-order valence-electron chi connectivity index (χ0n) is 22.5. The molecule has 192 valence electrons. The van der Waals surface area contributed by atoms with Crippen LogP contribution in [0.25, 0.3) is 56.4 Å². The van der Waals surface area contributed by atoms with Crippen LogP contribution < -0.4 is 0 Å². The van der Waals surface area contributed by atoms with Crippen LogP contribution in [0.4, 0.5) is 0 Å². The zero-order valence-corrected chi connectivity index (χ0v) is 22.5. The Hall–Kier alpha value is -4.64. The van der Waals surface area contributed by atoms with Gasteiger partial charge in [-0.2, -0.15) is 10.2 Å². The van der Waals surface area contributed by atoms with Crippen LogP contribution in [0, 0.1) is 0 Å². The van der Waals surface area contributed by atoms with Gasteiger partial charge in [-0.05, 0) is 46.9 Å². The first kappa shape index (κ1) is 26.4. The van der Waals surface area contributed by atoms with Gasteiger partial charge in [-0.15, -0.1) is 0 Å². The molecule has 0 aliphatic carbocycles. The zero-order chi connectivity index (χ0) is 27.1. The third-order valence-corrected chi connectivity index (χ3v) is 6.41. The third kappa shape index (κ3) is 5.68. The Balaban J connectivity index is 0.00000164. The maximum atomic E-state index is 5.21. The quantitative estimate of drug-likeness (QED) is 0.208. The van der Waals surface area contributed by atoms with Gasteiger partial charge in [-0.1, -0.05) is 101 Å². The van der Waals surface area contributed by atoms with Crippen molar-refractivity contribution in [3.63, 3.8) is 0 Å². The Morgan fingerprint density at radius 3 is 1.61 bits per heavy atom. The Bertz CT molecular complexity index is 1410. The first-order valence-electron chi connectivity index (χ1n) is 12.9. The molecule has 5 nitrogen and oxygen atoms in total. The Labute approximate surface area is 224 Å². The number of nitrogens with one attached hydrogen (secondary N) is 2. The van der Waals surface area contributed by atoms with Crippen LogP contribution in [0.5, 0.6) is 0 Å². The van der Waals surface area contributed by atoms with Gasteiger partial charge in [-0.25, -0.2) is 0 Å². The number of ether oxygens (including phenoxy) is 1. The Morgan fingerprint density at radius 2 is 1.16 bits per heavy atom. The molecule has 5 heteroatoms. The van der Waals surface area contributed by atoms with Gasteiger partial charge in [-0.3, -0.25) is 10.2 Å². The lowest BCUT2D eigenvalue weighted by Gasteiger charge is -2.04. The molecule has 2 N–H and O–H groups in total. The van der Waals surface area contributed by atoms with Crippen molar-refractivity contribution in [2.75, 3.05) is 7.11 Å². The van der Waals surface area contributed by atoms with Crippen molar-refractivity contribution < 1.29 is 4.74 Å². The van der Waals surface area contributed by atoms with Crippen LogP contribution in [0.2, 0.25) is 0 Å². The van der Waals surface area contributed by atoms with Gasteiger partial charge in [0.25, 0.3) is 0 Å². The van der Waals surface area contributed by atoms with E-state index in [1.54, 1.807) is 7.11 Å². The van der Waals surface area contributed by atoms with Gasteiger partial charge in [0, 0.05) is 16.7 Å². The average molecular weight is 503 g/mol. The van der Waals surface area contributed by atoms with E-state index in [1.807, 2.05) is 44.2 Å². The highest BCUT2D eigenvalue weighted by atomic mass is 16.5. The fourth-order valence-electron chi connectivity index (χ4n) is 4.12. The second-order valence-corrected chi connectivity index (χ2v) is 8.65. The lowest BCUT2D eigenvalue weighted by molar-refractivity contribution is 0.371. The van der Waals surface area contributed by atoms with E-state index in [9.17, 15) is 0 Å². The first-order chi connectivity index (χ1) is 18.6. The molecule has 38 heavy (non-hydrogen) atoms. The van der Waals surface area contributed by atoms with Crippen molar-refractivity contribution in [2.24, 2.45) is 0 Å². The number of rotatable bonds is 8. The fraction of sp³-hybridized carbons (Fsp3) is 0.152. The number of benzene rings is 3. The van der Waals surface area contributed by atoms with Gasteiger partial charge in [0.1, 0.15) is 5.76 Å². The van der Waals surface area contributed by atoms with Gasteiger partial charge in [0.2, 0.25) is 0 Å². The van der Waals surface area contributed by atoms with Crippen molar-refractivity contribution >= 4 is 11.3 Å². The van der Waals surface area contributed by atoms with Crippen molar-refractivity contribution in [3.05, 3.63) is 109 Å². The van der Waals surface area contributed by atoms with Crippen LogP contribution in [0.1, 0.15) is 38.3 Å². The molecule has 0 radical (unpaired) electrons. The molecule has 0 unspecified atom stereocenters. The standard InChI is InChI=1S/C31H28N4O.C2H6/c1-5-20(2)22-9-13-24(14-10-22)28-18-30(34-32-28)26-7-6-8-27(17-26)31-19-29(33-35-31)25-15-11-23(12-16-25)21(3)36-4;1-2/h6-19H,2-3,5H2,1,4H3,(H,32,34)(H,33,35);1-2H3. The smallest absolute Gasteiger partial charge is 0.118 e. The van der Waals surface area contributed by atoms with E-state index in [0.29, 0.717) is 5.76 Å². The predicted molar refractivity (Wildman–Crippen MR) is 159 cm³/mol. The molecule has 2 heterocycles. The Kier molecular flexibility index (Phi) is 8.39. The molecule has 3 aromatic carbocycles. The van der Waals surface area contributed by atoms with Crippen LogP contribution in [-0.2, 0) is 4.74 Å². The summed E-state index contributed by atoms with van der Waals surface area (Å²) in [6.07, 6.45) is 0.943. The van der Waals surface area contributed by atoms with Crippen molar-refractivity contribution in [2.45, 2.75) is 27.2 Å². The van der Waals surface area contributed by atoms with Crippen molar-refractivity contribution in [1.82, 2.24) is 20.4 Å². The van der Waals surface area contributed by atoms with E-state index < -0.39 is 0 Å². The molecule has 0 saturated carbocycles. The lowest BCUT2D eigenvalue weighted by Crippen LogP contribution is -1.85. The minimum atomic E-state index is 0.643. The molecule has 5 aromatic rings. The molecule has 0 aliphatic rings. The molecule has 0 spiro atoms. The molecule has 2 aromatic heterocycles. The molecule has 0 amide bonds. The van der Waals surface area contributed by atoms with Crippen LogP contribution in [0.3, 0.4) is 0 Å². The van der Waals surface area contributed by atoms with Crippen LogP contribution >= 0.6 is 0 Å². The number of nitrogens with zero attached hydrogens (tertiary/aromatic N) is 2. The van der Waals surface area contributed by atoms with Gasteiger partial charge in [0.15, 0.2) is 0 Å². The molecular formula is C33H34N4O. The lowest BCUT2D eigenvalue weighted by atomic mass is 10.0. The molecular weight excluding hydrogens is 468 g/mol. The van der Waals surface area contributed by atoms with Crippen LogP contribution in [-0.4, -0.2) is 27.5 Å². The number of aromatic amines is 2. The summed E-state index contributed by atoms with van der Waals surface area (Å²) in [4.78, 5) is 0. The topological polar surface area (TPSA) is 66.6 Å². The summed E-state index contributed by atoms with van der Waals surface area (Å²) in [7, 11) is 1.62. The van der Waals surface area contributed by atoms with Gasteiger partial charge in [0.05, 0.1) is 29.9 Å². The first-order valence-corrected chi connectivity index (χ1v) is 12.9. The molecule has 0 aliphatic heterocycles. The van der Waals surface area contributed by atoms with E-state index in [4.69, 9.17) is 4.74 Å². The number of hydrogen-bond acceptors (Lipinski definition) is 3. The van der Waals surface area contributed by atoms with Gasteiger partial charge < -0.3 is 4.74 Å². The summed E-state index contributed by atoms with van der Waals surface area (Å²) in [5, 5.41) is 15.4. The summed E-state index contributed by atoms with van der Waals surface area (Å²) in [5.74, 6) is 0.643. The number of aromatic nitrogens is 4. The second kappa shape index (κ2) is 12.1. The summed E-state index contributed by atoms with van der Waals surface area (Å²) >= 11 is 0. The number of methoxy groups -OCH3 is 1. The minimum absolute atomic E-state index is 0.643. The normalized spacial score (nSPS) is 10.4. The molecule has 0 atom stereocenters. The van der Waals surface area contributed by atoms with E-state index in [2.05, 4.69) is 95.1 Å². The number of hydrogen-bond donors (Lipinski definition) is 2. The summed E-state index contributed by atoms with van der Waals surface area (Å²) < 4.78 is 5.21. The predicted octanol–water partition coefficient (Wildman–Crippen LogP) is 8.87. The monoisotopic (exact) mass is 502 g/mol. The molecule has 0 fully saturated rings. The second-order valence-electron chi connectivity index (χ2n) is 8.65. The Morgan fingerprint density at radius 1 is 0.684 bits per heavy atom. The minimum Gasteiger partial charge on any atom is -0.497 e. The molecule has 0 bridgehead atoms. The number of allylic oxidation sites excluding steroid dienone is 1. The third-order valence-electron chi connectivity index (χ3n) is 6.41. The largest absolute Gasteiger partial charge is 0.497 e. The highest BCUT2D eigenvalue weighted by molar-refractivity contribution is 5.75. The molecule has 5 rings (SSSR count). The van der Waals surface area contributed by atoms with Crippen molar-refractivity contribution in [1.29, 1.82) is 0 Å². The maximum Gasteiger partial charge on any atom is 0.118 e. The highest BCUT2D eigenvalue weighted by Gasteiger charge is 2.11. The molecule has 0 saturated heterocycles. The maximum absolute atomic E-state index is 5.21. The summed E-state index contributed by atoms with van der Waals surface area (Å²) in [6.45, 7) is 14.1. The summed E-state index contributed by atoms with van der Waals surface area (Å²) in [5.41, 5.74) is 11.1. The summed E-state index contributed by atoms with van der Waals surface area (Å²) in [6, 6.07) is 28.9. The van der Waals surface area contributed by atoms with Crippen molar-refractivity contribution in [3.8, 4) is 45.0 Å².